The second-order valence-corrected chi connectivity index (χ2v) is 7.12. The van der Waals surface area contributed by atoms with E-state index in [1.807, 2.05) is 32.8 Å². The molecule has 1 aromatic rings. The molecule has 2 amide bonds. The van der Waals surface area contributed by atoms with E-state index in [0.29, 0.717) is 25.9 Å². The Hall–Kier alpha value is -1.63. The van der Waals surface area contributed by atoms with Gasteiger partial charge in [0.25, 0.3) is 0 Å². The number of hydrogen-bond acceptors (Lipinski definition) is 5. The standard InChI is InChI=1S/C16H26N4O2S/c1-5-12(20-10-6-7-14(20)21)15(22)17-9-8-13-11(2)18-16(23-13)19(3)4/h12H,5-10H2,1-4H3,(H,17,22)/t12-/m0/s1. The summed E-state index contributed by atoms with van der Waals surface area (Å²) >= 11 is 1.66. The average Bonchev–Trinajstić information content (AvgIpc) is 3.07. The second kappa shape index (κ2) is 7.77. The zero-order chi connectivity index (χ0) is 17.0. The van der Waals surface area contributed by atoms with Crippen LogP contribution in [-0.4, -0.2) is 54.9 Å². The van der Waals surface area contributed by atoms with Gasteiger partial charge in [0.1, 0.15) is 6.04 Å². The highest BCUT2D eigenvalue weighted by atomic mass is 32.1. The van der Waals surface area contributed by atoms with E-state index in [0.717, 1.165) is 23.7 Å². The van der Waals surface area contributed by atoms with E-state index in [1.54, 1.807) is 16.2 Å². The molecule has 7 heteroatoms. The van der Waals surface area contributed by atoms with E-state index < -0.39 is 0 Å². The van der Waals surface area contributed by atoms with Crippen molar-refractivity contribution >= 4 is 28.3 Å². The van der Waals surface area contributed by atoms with Gasteiger partial charge >= 0.3 is 0 Å². The Labute approximate surface area is 141 Å². The maximum absolute atomic E-state index is 12.4. The van der Waals surface area contributed by atoms with Crippen LogP contribution in [0, 0.1) is 6.92 Å². The fourth-order valence-electron chi connectivity index (χ4n) is 2.80. The summed E-state index contributed by atoms with van der Waals surface area (Å²) in [4.78, 5) is 33.6. The van der Waals surface area contributed by atoms with Gasteiger partial charge in [-0.1, -0.05) is 6.92 Å². The number of aromatic nitrogens is 1. The van der Waals surface area contributed by atoms with Crippen molar-refractivity contribution in [3.63, 3.8) is 0 Å². The van der Waals surface area contributed by atoms with E-state index in [2.05, 4.69) is 10.3 Å². The second-order valence-electron chi connectivity index (χ2n) is 6.06. The lowest BCUT2D eigenvalue weighted by Crippen LogP contribution is -2.47. The Bertz CT molecular complexity index is 570. The number of aryl methyl sites for hydroxylation is 1. The van der Waals surface area contributed by atoms with E-state index >= 15 is 0 Å². The first-order chi connectivity index (χ1) is 10.9. The number of carbonyl (C=O) groups is 2. The van der Waals surface area contributed by atoms with Crippen molar-refractivity contribution in [2.45, 2.75) is 45.6 Å². The molecule has 2 heterocycles. The molecule has 0 saturated carbocycles. The minimum Gasteiger partial charge on any atom is -0.354 e. The summed E-state index contributed by atoms with van der Waals surface area (Å²) in [5, 5.41) is 3.96. The topological polar surface area (TPSA) is 65.5 Å². The Morgan fingerprint density at radius 1 is 1.48 bits per heavy atom. The van der Waals surface area contributed by atoms with Crippen molar-refractivity contribution in [2.24, 2.45) is 0 Å². The van der Waals surface area contributed by atoms with Crippen molar-refractivity contribution < 1.29 is 9.59 Å². The first-order valence-corrected chi connectivity index (χ1v) is 8.96. The predicted molar refractivity (Wildman–Crippen MR) is 92.9 cm³/mol. The van der Waals surface area contributed by atoms with Crippen LogP contribution in [0.2, 0.25) is 0 Å². The molecule has 0 radical (unpaired) electrons. The molecular weight excluding hydrogens is 312 g/mol. The van der Waals surface area contributed by atoms with Crippen molar-refractivity contribution in [3.05, 3.63) is 10.6 Å². The van der Waals surface area contributed by atoms with Crippen molar-refractivity contribution in [2.75, 3.05) is 32.1 Å². The number of hydrogen-bond donors (Lipinski definition) is 1. The number of carbonyl (C=O) groups excluding carboxylic acids is 2. The summed E-state index contributed by atoms with van der Waals surface area (Å²) < 4.78 is 0. The lowest BCUT2D eigenvalue weighted by atomic mass is 10.2. The van der Waals surface area contributed by atoms with Crippen LogP contribution in [0.1, 0.15) is 36.8 Å². The highest BCUT2D eigenvalue weighted by Crippen LogP contribution is 2.24. The largest absolute Gasteiger partial charge is 0.354 e. The van der Waals surface area contributed by atoms with E-state index in [4.69, 9.17) is 0 Å². The molecule has 6 nitrogen and oxygen atoms in total. The molecule has 0 aromatic carbocycles. The molecule has 1 aliphatic heterocycles. The number of anilines is 1. The highest BCUT2D eigenvalue weighted by molar-refractivity contribution is 7.15. The third-order valence-electron chi connectivity index (χ3n) is 4.09. The van der Waals surface area contributed by atoms with Crippen LogP contribution in [0.25, 0.3) is 0 Å². The molecule has 1 atom stereocenters. The minimum absolute atomic E-state index is 0.0437. The molecule has 0 bridgehead atoms. The molecule has 1 aromatic heterocycles. The van der Waals surface area contributed by atoms with Gasteiger partial charge in [0.05, 0.1) is 5.69 Å². The summed E-state index contributed by atoms with van der Waals surface area (Å²) in [5.74, 6) is 0.0543. The molecular formula is C16H26N4O2S. The lowest BCUT2D eigenvalue weighted by Gasteiger charge is -2.25. The summed E-state index contributed by atoms with van der Waals surface area (Å²) in [6.45, 7) is 5.23. The summed E-state index contributed by atoms with van der Waals surface area (Å²) in [6.07, 6.45) is 2.85. The summed E-state index contributed by atoms with van der Waals surface area (Å²) in [7, 11) is 3.95. The van der Waals surface area contributed by atoms with Crippen LogP contribution in [0.3, 0.4) is 0 Å². The molecule has 0 unspecified atom stereocenters. The van der Waals surface area contributed by atoms with Crippen LogP contribution >= 0.6 is 11.3 Å². The smallest absolute Gasteiger partial charge is 0.242 e. The van der Waals surface area contributed by atoms with Crippen LogP contribution in [0.15, 0.2) is 0 Å². The van der Waals surface area contributed by atoms with Gasteiger partial charge in [-0.05, 0) is 19.8 Å². The number of likely N-dealkylation sites (tertiary alicyclic amines) is 1. The first-order valence-electron chi connectivity index (χ1n) is 8.14. The van der Waals surface area contributed by atoms with Gasteiger partial charge in [0, 0.05) is 44.9 Å². The van der Waals surface area contributed by atoms with Gasteiger partial charge < -0.3 is 15.1 Å². The number of amides is 2. The van der Waals surface area contributed by atoms with Crippen LogP contribution in [0.4, 0.5) is 5.13 Å². The fraction of sp³-hybridized carbons (Fsp3) is 0.688. The zero-order valence-corrected chi connectivity index (χ0v) is 15.2. The van der Waals surface area contributed by atoms with Crippen molar-refractivity contribution in [1.82, 2.24) is 15.2 Å². The Kier molecular flexibility index (Phi) is 5.98. The minimum atomic E-state index is -0.329. The van der Waals surface area contributed by atoms with Gasteiger partial charge in [-0.3, -0.25) is 9.59 Å². The molecule has 0 spiro atoms. The molecule has 128 valence electrons. The molecule has 1 aliphatic rings. The van der Waals surface area contributed by atoms with Gasteiger partial charge in [0.2, 0.25) is 11.8 Å². The van der Waals surface area contributed by atoms with Gasteiger partial charge in [-0.15, -0.1) is 11.3 Å². The molecule has 23 heavy (non-hydrogen) atoms. The van der Waals surface area contributed by atoms with Crippen LogP contribution < -0.4 is 10.2 Å². The number of thiazole rings is 1. The number of nitrogens with zero attached hydrogens (tertiary/aromatic N) is 3. The summed E-state index contributed by atoms with van der Waals surface area (Å²) in [6, 6.07) is -0.329. The average molecular weight is 338 g/mol. The zero-order valence-electron chi connectivity index (χ0n) is 14.4. The molecule has 1 fully saturated rings. The fourth-order valence-corrected chi connectivity index (χ4v) is 3.78. The van der Waals surface area contributed by atoms with Crippen LogP contribution in [0.5, 0.6) is 0 Å². The maximum atomic E-state index is 12.4. The van der Waals surface area contributed by atoms with Gasteiger partial charge in [-0.2, -0.15) is 0 Å². The van der Waals surface area contributed by atoms with E-state index in [1.165, 1.54) is 4.88 Å². The maximum Gasteiger partial charge on any atom is 0.242 e. The Balaban J connectivity index is 1.87. The lowest BCUT2D eigenvalue weighted by molar-refractivity contribution is -0.137. The quantitative estimate of drug-likeness (QED) is 0.820. The van der Waals surface area contributed by atoms with E-state index in [9.17, 15) is 9.59 Å². The number of nitrogens with one attached hydrogen (secondary N) is 1. The Morgan fingerprint density at radius 2 is 2.22 bits per heavy atom. The molecule has 0 aliphatic carbocycles. The normalized spacial score (nSPS) is 15.8. The van der Waals surface area contributed by atoms with Crippen molar-refractivity contribution in [3.8, 4) is 0 Å². The third kappa shape index (κ3) is 4.22. The molecule has 1 saturated heterocycles. The Morgan fingerprint density at radius 3 is 2.74 bits per heavy atom. The van der Waals surface area contributed by atoms with Crippen LogP contribution in [-0.2, 0) is 16.0 Å². The third-order valence-corrected chi connectivity index (χ3v) is 5.48. The predicted octanol–water partition coefficient (Wildman–Crippen LogP) is 1.58. The molecule has 2 rings (SSSR count). The monoisotopic (exact) mass is 338 g/mol. The highest BCUT2D eigenvalue weighted by Gasteiger charge is 2.31. The summed E-state index contributed by atoms with van der Waals surface area (Å²) in [5.41, 5.74) is 1.02. The number of rotatable bonds is 7. The SMILES string of the molecule is CC[C@@H](C(=O)NCCc1sc(N(C)C)nc1C)N1CCCC1=O. The van der Waals surface area contributed by atoms with E-state index in [-0.39, 0.29) is 17.9 Å². The molecule has 1 N–H and O–H groups in total. The van der Waals surface area contributed by atoms with Gasteiger partial charge in [-0.25, -0.2) is 4.98 Å². The first kappa shape index (κ1) is 17.7. The van der Waals surface area contributed by atoms with Crippen molar-refractivity contribution in [1.29, 1.82) is 0 Å². The van der Waals surface area contributed by atoms with Gasteiger partial charge in [0.15, 0.2) is 5.13 Å².